The molecule has 2 rings (SSSR count). The predicted octanol–water partition coefficient (Wildman–Crippen LogP) is 3.44. The number of aromatic nitrogens is 2. The first-order valence-electron chi connectivity index (χ1n) is 5.95. The van der Waals surface area contributed by atoms with Crippen molar-refractivity contribution in [3.05, 3.63) is 35.0 Å². The van der Waals surface area contributed by atoms with Crippen molar-refractivity contribution in [1.82, 2.24) is 10.3 Å². The highest BCUT2D eigenvalue weighted by molar-refractivity contribution is 5.14. The quantitative estimate of drug-likeness (QED) is 0.813. The van der Waals surface area contributed by atoms with Crippen LogP contribution >= 0.6 is 0 Å². The van der Waals surface area contributed by atoms with E-state index in [2.05, 4.69) is 31.1 Å². The zero-order chi connectivity index (χ0) is 12.4. The van der Waals surface area contributed by atoms with Crippen molar-refractivity contribution in [2.24, 2.45) is 0 Å². The number of nitrogens with zero attached hydrogens (tertiary/aromatic N) is 2. The largest absolute Gasteiger partial charge is 0.361 e. The van der Waals surface area contributed by atoms with Crippen LogP contribution in [-0.2, 0) is 6.42 Å². The SMILES string of the molecule is Cc1cc(C(C)Cc2cc(C(C)C)no2)no1. The monoisotopic (exact) mass is 234 g/mol. The summed E-state index contributed by atoms with van der Waals surface area (Å²) in [6.07, 6.45) is 0.797. The summed E-state index contributed by atoms with van der Waals surface area (Å²) in [7, 11) is 0. The Kier molecular flexibility index (Phi) is 3.31. The van der Waals surface area contributed by atoms with Crippen LogP contribution in [0, 0.1) is 6.92 Å². The van der Waals surface area contributed by atoms with Gasteiger partial charge in [0.05, 0.1) is 11.4 Å². The molecule has 0 radical (unpaired) electrons. The second-order valence-corrected chi connectivity index (χ2v) is 4.84. The molecule has 0 spiro atoms. The van der Waals surface area contributed by atoms with Crippen LogP contribution in [0.25, 0.3) is 0 Å². The lowest BCUT2D eigenvalue weighted by Gasteiger charge is -2.03. The Morgan fingerprint density at radius 2 is 1.76 bits per heavy atom. The molecule has 2 aromatic heterocycles. The molecule has 17 heavy (non-hydrogen) atoms. The zero-order valence-electron chi connectivity index (χ0n) is 10.7. The molecular weight excluding hydrogens is 216 g/mol. The maximum absolute atomic E-state index is 5.32. The molecule has 0 fully saturated rings. The van der Waals surface area contributed by atoms with Gasteiger partial charge < -0.3 is 9.05 Å². The fraction of sp³-hybridized carbons (Fsp3) is 0.538. The molecule has 0 saturated carbocycles. The van der Waals surface area contributed by atoms with Crippen LogP contribution in [-0.4, -0.2) is 10.3 Å². The Balaban J connectivity index is 2.05. The molecule has 4 heteroatoms. The molecule has 0 amide bonds. The van der Waals surface area contributed by atoms with E-state index in [1.807, 2.05) is 19.1 Å². The van der Waals surface area contributed by atoms with Gasteiger partial charge in [-0.05, 0) is 12.8 Å². The van der Waals surface area contributed by atoms with Gasteiger partial charge in [0.25, 0.3) is 0 Å². The third-order valence-electron chi connectivity index (χ3n) is 2.83. The molecule has 92 valence electrons. The van der Waals surface area contributed by atoms with Crippen LogP contribution in [0.15, 0.2) is 21.2 Å². The van der Waals surface area contributed by atoms with Crippen molar-refractivity contribution in [1.29, 1.82) is 0 Å². The van der Waals surface area contributed by atoms with E-state index >= 15 is 0 Å². The average molecular weight is 234 g/mol. The fourth-order valence-corrected chi connectivity index (χ4v) is 1.72. The summed E-state index contributed by atoms with van der Waals surface area (Å²) in [4.78, 5) is 0. The van der Waals surface area contributed by atoms with Crippen molar-refractivity contribution in [2.45, 2.75) is 46.0 Å². The first kappa shape index (κ1) is 11.9. The van der Waals surface area contributed by atoms with E-state index in [-0.39, 0.29) is 5.92 Å². The molecule has 1 unspecified atom stereocenters. The topological polar surface area (TPSA) is 52.1 Å². The van der Waals surface area contributed by atoms with Gasteiger partial charge in [-0.3, -0.25) is 0 Å². The highest BCUT2D eigenvalue weighted by Gasteiger charge is 2.15. The van der Waals surface area contributed by atoms with Crippen LogP contribution in [0.3, 0.4) is 0 Å². The molecule has 0 aromatic carbocycles. The van der Waals surface area contributed by atoms with Crippen molar-refractivity contribution in [3.63, 3.8) is 0 Å². The maximum Gasteiger partial charge on any atom is 0.137 e. The lowest BCUT2D eigenvalue weighted by atomic mass is 10.0. The third-order valence-corrected chi connectivity index (χ3v) is 2.83. The summed E-state index contributed by atoms with van der Waals surface area (Å²) >= 11 is 0. The highest BCUT2D eigenvalue weighted by Crippen LogP contribution is 2.22. The summed E-state index contributed by atoms with van der Waals surface area (Å²) in [6.45, 7) is 8.21. The molecule has 0 aliphatic carbocycles. The van der Waals surface area contributed by atoms with E-state index in [1.165, 1.54) is 0 Å². The molecule has 0 bridgehead atoms. The van der Waals surface area contributed by atoms with Crippen LogP contribution in [0.4, 0.5) is 0 Å². The summed E-state index contributed by atoms with van der Waals surface area (Å²) < 4.78 is 10.4. The smallest absolute Gasteiger partial charge is 0.137 e. The molecule has 1 atom stereocenters. The molecule has 0 saturated heterocycles. The van der Waals surface area contributed by atoms with Gasteiger partial charge >= 0.3 is 0 Å². The van der Waals surface area contributed by atoms with Gasteiger partial charge in [0.1, 0.15) is 11.5 Å². The third kappa shape index (κ3) is 2.75. The Bertz CT molecular complexity index is 485. The van der Waals surface area contributed by atoms with Crippen LogP contribution in [0.2, 0.25) is 0 Å². The van der Waals surface area contributed by atoms with E-state index in [0.717, 1.165) is 29.3 Å². The van der Waals surface area contributed by atoms with E-state index in [9.17, 15) is 0 Å². The second kappa shape index (κ2) is 4.73. The van der Waals surface area contributed by atoms with Crippen molar-refractivity contribution >= 4 is 0 Å². The van der Waals surface area contributed by atoms with Crippen molar-refractivity contribution in [2.75, 3.05) is 0 Å². The van der Waals surface area contributed by atoms with E-state index in [4.69, 9.17) is 9.05 Å². The predicted molar refractivity (Wildman–Crippen MR) is 64.0 cm³/mol. The van der Waals surface area contributed by atoms with Crippen molar-refractivity contribution < 1.29 is 9.05 Å². The van der Waals surface area contributed by atoms with Crippen LogP contribution in [0.1, 0.15) is 55.5 Å². The lowest BCUT2D eigenvalue weighted by Crippen LogP contribution is -1.97. The molecular formula is C13H18N2O2. The normalized spacial score (nSPS) is 13.2. The van der Waals surface area contributed by atoms with Gasteiger partial charge in [-0.25, -0.2) is 0 Å². The van der Waals surface area contributed by atoms with Gasteiger partial charge in [-0.15, -0.1) is 0 Å². The Hall–Kier alpha value is -1.58. The standard InChI is InChI=1S/C13H18N2O2/c1-8(2)12-7-11(17-14-12)5-9(3)13-6-10(4)16-15-13/h6-9H,5H2,1-4H3. The molecule has 2 heterocycles. The summed E-state index contributed by atoms with van der Waals surface area (Å²) in [5.74, 6) is 2.42. The van der Waals surface area contributed by atoms with E-state index in [0.29, 0.717) is 5.92 Å². The van der Waals surface area contributed by atoms with Gasteiger partial charge in [-0.2, -0.15) is 0 Å². The molecule has 0 aliphatic rings. The van der Waals surface area contributed by atoms with Crippen LogP contribution < -0.4 is 0 Å². The Morgan fingerprint density at radius 1 is 1.06 bits per heavy atom. The minimum Gasteiger partial charge on any atom is -0.361 e. The first-order valence-corrected chi connectivity index (χ1v) is 5.95. The number of hydrogen-bond acceptors (Lipinski definition) is 4. The Morgan fingerprint density at radius 3 is 2.29 bits per heavy atom. The minimum absolute atomic E-state index is 0.278. The fourth-order valence-electron chi connectivity index (χ4n) is 1.72. The van der Waals surface area contributed by atoms with Gasteiger partial charge in [-0.1, -0.05) is 31.1 Å². The molecule has 4 nitrogen and oxygen atoms in total. The molecule has 0 aliphatic heterocycles. The zero-order valence-corrected chi connectivity index (χ0v) is 10.7. The first-order chi connectivity index (χ1) is 8.06. The Labute approximate surface area is 101 Å². The van der Waals surface area contributed by atoms with E-state index < -0.39 is 0 Å². The number of hydrogen-bond donors (Lipinski definition) is 0. The number of aryl methyl sites for hydroxylation is 1. The van der Waals surface area contributed by atoms with Gasteiger partial charge in [0.15, 0.2) is 0 Å². The van der Waals surface area contributed by atoms with Crippen molar-refractivity contribution in [3.8, 4) is 0 Å². The van der Waals surface area contributed by atoms with Crippen LogP contribution in [0.5, 0.6) is 0 Å². The summed E-state index contributed by atoms with van der Waals surface area (Å²) in [5.41, 5.74) is 1.97. The maximum atomic E-state index is 5.32. The molecule has 2 aromatic rings. The summed E-state index contributed by atoms with van der Waals surface area (Å²) in [5, 5.41) is 8.07. The van der Waals surface area contributed by atoms with Gasteiger partial charge in [0.2, 0.25) is 0 Å². The highest BCUT2D eigenvalue weighted by atomic mass is 16.5. The average Bonchev–Trinajstić information content (AvgIpc) is 2.86. The summed E-state index contributed by atoms with van der Waals surface area (Å²) in [6, 6.07) is 3.98. The second-order valence-electron chi connectivity index (χ2n) is 4.84. The van der Waals surface area contributed by atoms with E-state index in [1.54, 1.807) is 0 Å². The molecule has 0 N–H and O–H groups in total. The minimum atomic E-state index is 0.278. The number of rotatable bonds is 4. The lowest BCUT2D eigenvalue weighted by molar-refractivity contribution is 0.361. The van der Waals surface area contributed by atoms with Gasteiger partial charge in [0, 0.05) is 24.5 Å².